The molecule has 14 heteroatoms. The molecule has 0 saturated carbocycles. The number of hydrogen-bond donors (Lipinski definition) is 2. The van der Waals surface area contributed by atoms with Gasteiger partial charge in [0, 0.05) is 50.5 Å². The van der Waals surface area contributed by atoms with E-state index in [1.807, 2.05) is 13.8 Å². The molecule has 0 radical (unpaired) electrons. The summed E-state index contributed by atoms with van der Waals surface area (Å²) in [5.41, 5.74) is 0.109. The Labute approximate surface area is 277 Å². The van der Waals surface area contributed by atoms with Gasteiger partial charge in [-0.15, -0.1) is 0 Å². The lowest BCUT2D eigenvalue weighted by atomic mass is 10.0. The van der Waals surface area contributed by atoms with Crippen molar-refractivity contribution in [2.75, 3.05) is 31.7 Å². The largest absolute Gasteiger partial charge is 0.490 e. The molecule has 254 valence electrons. The summed E-state index contributed by atoms with van der Waals surface area (Å²) in [6.45, 7) is 10.6. The van der Waals surface area contributed by atoms with Crippen molar-refractivity contribution < 1.29 is 36.9 Å². The van der Waals surface area contributed by atoms with Crippen LogP contribution in [-0.2, 0) is 16.2 Å². The zero-order valence-electron chi connectivity index (χ0n) is 27.5. The van der Waals surface area contributed by atoms with Gasteiger partial charge in [-0.3, -0.25) is 0 Å². The van der Waals surface area contributed by atoms with E-state index in [2.05, 4.69) is 41.3 Å². The number of pyridine rings is 1. The van der Waals surface area contributed by atoms with Crippen LogP contribution in [0.15, 0.2) is 48.8 Å². The number of nitrogens with zero attached hydrogens (tertiary/aromatic N) is 3. The second-order valence-corrected chi connectivity index (χ2v) is 18.8. The third-order valence-electron chi connectivity index (χ3n) is 7.47. The number of ether oxygens (including phenoxy) is 4. The fourth-order valence-corrected chi connectivity index (χ4v) is 5.71. The number of benzene rings is 2. The molecule has 10 nitrogen and oxygen atoms in total. The topological polar surface area (TPSA) is 120 Å². The molecule has 2 aromatic heterocycles. The number of alkyl halides is 1. The molecule has 2 amide bonds. The Morgan fingerprint density at radius 3 is 2.50 bits per heavy atom. The Morgan fingerprint density at radius 1 is 1.15 bits per heavy atom. The summed E-state index contributed by atoms with van der Waals surface area (Å²) in [6, 6.07) is 10.8. The summed E-state index contributed by atoms with van der Waals surface area (Å²) >= 11 is 0. The Bertz CT molecular complexity index is 1830. The Kier molecular flexibility index (Phi) is 10.3. The quantitative estimate of drug-likeness (QED) is 0.110. The fraction of sp³-hybridized carbons (Fsp3) is 0.382. The predicted molar refractivity (Wildman–Crippen MR) is 178 cm³/mol. The minimum absolute atomic E-state index is 0.101. The minimum atomic E-state index is -1.67. The van der Waals surface area contributed by atoms with E-state index < -0.39 is 37.2 Å². The molecule has 4 aromatic rings. The first-order valence-corrected chi connectivity index (χ1v) is 19.2. The number of halogens is 3. The average Bonchev–Trinajstić information content (AvgIpc) is 3.38. The maximum atomic E-state index is 15.4. The molecule has 0 atom stereocenters. The van der Waals surface area contributed by atoms with Gasteiger partial charge in [0.2, 0.25) is 0 Å². The highest BCUT2D eigenvalue weighted by Gasteiger charge is 2.39. The van der Waals surface area contributed by atoms with E-state index in [-0.39, 0.29) is 44.0 Å². The zero-order valence-corrected chi connectivity index (χ0v) is 28.5. The first kappa shape index (κ1) is 34.7. The van der Waals surface area contributed by atoms with E-state index in [9.17, 15) is 14.4 Å². The van der Waals surface area contributed by atoms with Gasteiger partial charge in [-0.25, -0.2) is 22.9 Å². The molecule has 0 unspecified atom stereocenters. The van der Waals surface area contributed by atoms with Crippen LogP contribution in [0.25, 0.3) is 22.2 Å². The summed E-state index contributed by atoms with van der Waals surface area (Å²) in [5.74, 6) is -2.34. The van der Waals surface area contributed by atoms with Gasteiger partial charge in [0.1, 0.15) is 29.9 Å². The highest BCUT2D eigenvalue weighted by Crippen LogP contribution is 2.41. The second-order valence-electron chi connectivity index (χ2n) is 13.2. The maximum Gasteiger partial charge on any atom is 0.319 e. The molecule has 0 aliphatic carbocycles. The number of aromatic nitrogens is 2. The number of carbonyl (C=O) groups excluding carboxylic acids is 1. The van der Waals surface area contributed by atoms with Crippen LogP contribution in [0.5, 0.6) is 17.2 Å². The maximum absolute atomic E-state index is 15.4. The number of rotatable bonds is 13. The third kappa shape index (κ3) is 8.28. The van der Waals surface area contributed by atoms with E-state index in [1.54, 1.807) is 29.0 Å². The van der Waals surface area contributed by atoms with Gasteiger partial charge in [0.05, 0.1) is 36.8 Å². The molecule has 0 spiro atoms. The minimum Gasteiger partial charge on any atom is -0.490 e. The van der Waals surface area contributed by atoms with Crippen LogP contribution in [0, 0.1) is 23.0 Å². The molecule has 2 aromatic carbocycles. The lowest BCUT2D eigenvalue weighted by molar-refractivity contribution is -0.125. The van der Waals surface area contributed by atoms with Crippen molar-refractivity contribution in [2.24, 2.45) is 0 Å². The second kappa shape index (κ2) is 14.3. The highest BCUT2D eigenvalue weighted by atomic mass is 28.3. The van der Waals surface area contributed by atoms with Gasteiger partial charge in [0.25, 0.3) is 0 Å². The zero-order chi connectivity index (χ0) is 34.6. The van der Waals surface area contributed by atoms with Crippen molar-refractivity contribution in [3.05, 3.63) is 66.0 Å². The van der Waals surface area contributed by atoms with Gasteiger partial charge in [-0.2, -0.15) is 5.26 Å². The molecule has 48 heavy (non-hydrogen) atoms. The van der Waals surface area contributed by atoms with Crippen molar-refractivity contribution in [1.82, 2.24) is 14.9 Å². The lowest BCUT2D eigenvalue weighted by Gasteiger charge is -2.33. The van der Waals surface area contributed by atoms with Crippen LogP contribution < -0.4 is 20.1 Å². The normalized spacial score (nSPS) is 14.0. The van der Waals surface area contributed by atoms with Gasteiger partial charge in [-0.1, -0.05) is 25.7 Å². The summed E-state index contributed by atoms with van der Waals surface area (Å²) in [4.78, 5) is 16.8. The van der Waals surface area contributed by atoms with Crippen molar-refractivity contribution in [3.8, 4) is 34.4 Å². The molecule has 3 heterocycles. The van der Waals surface area contributed by atoms with Crippen LogP contribution >= 0.6 is 0 Å². The molecule has 1 fully saturated rings. The Hall–Kier alpha value is -4.58. The van der Waals surface area contributed by atoms with Gasteiger partial charge < -0.3 is 34.1 Å². The van der Waals surface area contributed by atoms with Crippen LogP contribution in [0.4, 0.5) is 23.7 Å². The Balaban J connectivity index is 1.47. The highest BCUT2D eigenvalue weighted by molar-refractivity contribution is 6.76. The van der Waals surface area contributed by atoms with Gasteiger partial charge >= 0.3 is 6.03 Å². The van der Waals surface area contributed by atoms with Crippen molar-refractivity contribution >= 4 is 30.8 Å². The summed E-state index contributed by atoms with van der Waals surface area (Å²) < 4.78 is 69.1. The smallest absolute Gasteiger partial charge is 0.319 e. The van der Waals surface area contributed by atoms with E-state index in [1.165, 1.54) is 12.3 Å². The van der Waals surface area contributed by atoms with Crippen molar-refractivity contribution in [3.63, 3.8) is 0 Å². The SMILES string of the molecule is CC(C)Oc1ccc(-c2cn(COCC[Si](C)(C)C)c3nccc(Oc4c(F)cc(NC(=O)NCC5(F)COC5)cc4F)c23)cc1C#N. The molecular weight excluding hydrogens is 643 g/mol. The fourth-order valence-electron chi connectivity index (χ4n) is 4.95. The summed E-state index contributed by atoms with van der Waals surface area (Å²) in [6.07, 6.45) is 3.11. The van der Waals surface area contributed by atoms with Crippen molar-refractivity contribution in [1.29, 1.82) is 5.26 Å². The molecular formula is C34H38F3N5O5Si. The standard InChI is InChI=1S/C34H38F3N5O5Si/c1-21(2)46-28-7-6-22(12-23(28)15-38)25-16-42(20-44-10-11-48(3,4)5)32-30(25)29(8-9-39-32)47-31-26(35)13-24(14-27(31)36)41-33(43)40-17-34(37)18-45-19-34/h6-9,12-14,16,21H,10-11,17-20H2,1-5H3,(H2,40,41,43). The van der Waals surface area contributed by atoms with Gasteiger partial charge in [0.15, 0.2) is 23.1 Å². The van der Waals surface area contributed by atoms with Crippen LogP contribution in [0.2, 0.25) is 25.7 Å². The number of fused-ring (bicyclic) bond motifs is 1. The molecule has 1 aliphatic heterocycles. The molecule has 2 N–H and O–H groups in total. The van der Waals surface area contributed by atoms with Crippen LogP contribution in [-0.4, -0.2) is 61.8 Å². The average molecular weight is 682 g/mol. The number of amides is 2. The predicted octanol–water partition coefficient (Wildman–Crippen LogP) is 7.60. The van der Waals surface area contributed by atoms with Gasteiger partial charge in [-0.05, 0) is 43.7 Å². The number of carbonyl (C=O) groups is 1. The summed E-state index contributed by atoms with van der Waals surface area (Å²) in [5, 5.41) is 14.9. The van der Waals surface area contributed by atoms with E-state index >= 15 is 8.78 Å². The van der Waals surface area contributed by atoms with E-state index in [0.717, 1.165) is 18.2 Å². The van der Waals surface area contributed by atoms with Crippen LogP contribution in [0.3, 0.4) is 0 Å². The molecule has 5 rings (SSSR count). The molecule has 0 bridgehead atoms. The number of nitriles is 1. The van der Waals surface area contributed by atoms with Crippen molar-refractivity contribution in [2.45, 2.75) is 58.0 Å². The number of hydrogen-bond acceptors (Lipinski definition) is 7. The third-order valence-corrected chi connectivity index (χ3v) is 9.18. The van der Waals surface area contributed by atoms with Crippen LogP contribution in [0.1, 0.15) is 19.4 Å². The number of urea groups is 1. The van der Waals surface area contributed by atoms with E-state index in [4.69, 9.17) is 18.9 Å². The first-order chi connectivity index (χ1) is 22.7. The number of nitrogens with one attached hydrogen (secondary N) is 2. The lowest BCUT2D eigenvalue weighted by Crippen LogP contribution is -2.54. The first-order valence-electron chi connectivity index (χ1n) is 15.5. The molecule has 1 aliphatic rings. The number of anilines is 1. The molecule has 1 saturated heterocycles. The monoisotopic (exact) mass is 681 g/mol. The summed E-state index contributed by atoms with van der Waals surface area (Å²) in [7, 11) is -1.34. The van der Waals surface area contributed by atoms with E-state index in [0.29, 0.717) is 40.1 Å². The Morgan fingerprint density at radius 2 is 1.88 bits per heavy atom.